The third kappa shape index (κ3) is 7.77. The van der Waals surface area contributed by atoms with Crippen LogP contribution in [0.3, 0.4) is 0 Å². The summed E-state index contributed by atoms with van der Waals surface area (Å²) in [5.41, 5.74) is 1.41. The summed E-state index contributed by atoms with van der Waals surface area (Å²) in [5.74, 6) is 6.41. The molecule has 0 aromatic carbocycles. The maximum atomic E-state index is 12.9. The highest BCUT2D eigenvalue weighted by molar-refractivity contribution is 6.00. The van der Waals surface area contributed by atoms with E-state index in [-0.39, 0.29) is 42.1 Å². The molecule has 2 aromatic rings. The fraction of sp³-hybridized carbons (Fsp3) is 0.444. The maximum absolute atomic E-state index is 12.9. The smallest absolute Gasteiger partial charge is 0.336 e. The first kappa shape index (κ1) is 28.0. The van der Waals surface area contributed by atoms with Crippen molar-refractivity contribution in [2.45, 2.75) is 38.4 Å². The first-order valence-corrected chi connectivity index (χ1v) is 12.6. The van der Waals surface area contributed by atoms with Crippen molar-refractivity contribution in [3.05, 3.63) is 46.8 Å². The molecule has 2 aromatic heterocycles. The van der Waals surface area contributed by atoms with Gasteiger partial charge in [0.15, 0.2) is 6.29 Å². The SMILES string of the molecule is CN1CCN(Cc2ccc(N(C)C(=O)Nc3cc(CCC(F)(F)F)c(C#CC4CC4)cn3)nc2C=O)C(=O)C1. The van der Waals surface area contributed by atoms with E-state index in [1.54, 1.807) is 17.0 Å². The van der Waals surface area contributed by atoms with Crippen LogP contribution in [-0.4, -0.2) is 77.9 Å². The number of nitrogens with zero attached hydrogens (tertiary/aromatic N) is 5. The molecule has 1 N–H and O–H groups in total. The molecular weight excluding hydrogens is 513 g/mol. The van der Waals surface area contributed by atoms with Gasteiger partial charge in [-0.15, -0.1) is 0 Å². The Morgan fingerprint density at radius 1 is 1.26 bits per heavy atom. The standard InChI is InChI=1S/C27H29F3N6O3/c1-34-11-12-36(25(38)16-34)15-21-7-8-24(32-22(21)17-37)35(2)26(39)33-23-13-19(9-10-27(28,29)30)20(14-31-23)6-5-18-3-4-18/h7-8,13-14,17-18H,3-4,9-12,15-16H2,1-2H3,(H,31,33,39). The third-order valence-electron chi connectivity index (χ3n) is 6.52. The number of pyridine rings is 2. The zero-order chi connectivity index (χ0) is 28.2. The lowest BCUT2D eigenvalue weighted by Gasteiger charge is -2.32. The van der Waals surface area contributed by atoms with E-state index in [2.05, 4.69) is 27.1 Å². The highest BCUT2D eigenvalue weighted by Crippen LogP contribution is 2.28. The molecule has 2 fully saturated rings. The lowest BCUT2D eigenvalue weighted by Crippen LogP contribution is -2.48. The molecule has 1 aliphatic carbocycles. The van der Waals surface area contributed by atoms with Crippen molar-refractivity contribution in [3.63, 3.8) is 0 Å². The van der Waals surface area contributed by atoms with Crippen LogP contribution in [0.4, 0.5) is 29.6 Å². The zero-order valence-electron chi connectivity index (χ0n) is 21.7. The summed E-state index contributed by atoms with van der Waals surface area (Å²) >= 11 is 0. The van der Waals surface area contributed by atoms with Crippen LogP contribution < -0.4 is 10.2 Å². The number of nitrogens with one attached hydrogen (secondary N) is 1. The summed E-state index contributed by atoms with van der Waals surface area (Å²) in [6.07, 6.45) is -1.75. The van der Waals surface area contributed by atoms with E-state index >= 15 is 0 Å². The van der Waals surface area contributed by atoms with Crippen LogP contribution in [0.15, 0.2) is 24.4 Å². The van der Waals surface area contributed by atoms with Crippen LogP contribution in [0.2, 0.25) is 0 Å². The summed E-state index contributed by atoms with van der Waals surface area (Å²) in [5, 5.41) is 2.57. The van der Waals surface area contributed by atoms with Gasteiger partial charge in [-0.2, -0.15) is 13.2 Å². The van der Waals surface area contributed by atoms with Crippen molar-refractivity contribution in [1.82, 2.24) is 19.8 Å². The minimum Gasteiger partial charge on any atom is -0.336 e. The number of likely N-dealkylation sites (N-methyl/N-ethyl adjacent to an activating group) is 1. The van der Waals surface area contributed by atoms with E-state index in [1.165, 1.54) is 19.3 Å². The monoisotopic (exact) mass is 542 g/mol. The summed E-state index contributed by atoms with van der Waals surface area (Å²) in [4.78, 5) is 50.1. The predicted octanol–water partition coefficient (Wildman–Crippen LogP) is 3.49. The largest absolute Gasteiger partial charge is 0.389 e. The molecular formula is C27H29F3N6O3. The number of alkyl halides is 3. The number of piperazine rings is 1. The molecule has 0 unspecified atom stereocenters. The van der Waals surface area contributed by atoms with Crippen molar-refractivity contribution >= 4 is 29.9 Å². The van der Waals surface area contributed by atoms with Gasteiger partial charge in [0.2, 0.25) is 5.91 Å². The number of hydrogen-bond acceptors (Lipinski definition) is 6. The lowest BCUT2D eigenvalue weighted by molar-refractivity contribution is -0.136. The first-order chi connectivity index (χ1) is 18.5. The first-order valence-electron chi connectivity index (χ1n) is 12.6. The van der Waals surface area contributed by atoms with E-state index < -0.39 is 18.6 Å². The van der Waals surface area contributed by atoms with Crippen LogP contribution in [0.25, 0.3) is 0 Å². The van der Waals surface area contributed by atoms with Crippen molar-refractivity contribution in [2.75, 3.05) is 43.9 Å². The average molecular weight is 543 g/mol. The van der Waals surface area contributed by atoms with Crippen LogP contribution >= 0.6 is 0 Å². The quantitative estimate of drug-likeness (QED) is 0.425. The van der Waals surface area contributed by atoms with Crippen LogP contribution in [0, 0.1) is 17.8 Å². The van der Waals surface area contributed by atoms with Crippen LogP contribution in [0.5, 0.6) is 0 Å². The van der Waals surface area contributed by atoms with Gasteiger partial charge in [0.25, 0.3) is 0 Å². The minimum atomic E-state index is -4.33. The molecule has 3 amide bonds. The number of amides is 3. The number of hydrogen-bond donors (Lipinski definition) is 1. The fourth-order valence-electron chi connectivity index (χ4n) is 3.98. The Balaban J connectivity index is 1.46. The molecule has 0 spiro atoms. The number of aldehydes is 1. The number of carbonyl (C=O) groups excluding carboxylic acids is 3. The Kier molecular flexibility index (Phi) is 8.50. The number of halogens is 3. The molecule has 9 nitrogen and oxygen atoms in total. The van der Waals surface area contributed by atoms with Gasteiger partial charge in [0.1, 0.15) is 17.3 Å². The second-order valence-corrected chi connectivity index (χ2v) is 9.76. The molecule has 0 atom stereocenters. The van der Waals surface area contributed by atoms with E-state index in [0.717, 1.165) is 24.3 Å². The second kappa shape index (κ2) is 11.8. The Morgan fingerprint density at radius 3 is 2.69 bits per heavy atom. The fourth-order valence-corrected chi connectivity index (χ4v) is 3.98. The lowest BCUT2D eigenvalue weighted by atomic mass is 10.0. The minimum absolute atomic E-state index is 0.0483. The molecule has 1 saturated heterocycles. The predicted molar refractivity (Wildman–Crippen MR) is 138 cm³/mol. The summed E-state index contributed by atoms with van der Waals surface area (Å²) in [6.45, 7) is 1.77. The molecule has 12 heteroatoms. The number of anilines is 2. The normalized spacial score (nSPS) is 15.9. The number of rotatable bonds is 7. The van der Waals surface area contributed by atoms with Crippen molar-refractivity contribution in [1.29, 1.82) is 0 Å². The topological polar surface area (TPSA) is 98.7 Å². The molecule has 1 aliphatic heterocycles. The molecule has 2 aliphatic rings. The van der Waals surface area contributed by atoms with Gasteiger partial charge in [0.05, 0.1) is 6.54 Å². The highest BCUT2D eigenvalue weighted by Gasteiger charge is 2.27. The van der Waals surface area contributed by atoms with E-state index in [9.17, 15) is 27.6 Å². The zero-order valence-corrected chi connectivity index (χ0v) is 21.7. The van der Waals surface area contributed by atoms with Crippen molar-refractivity contribution in [2.24, 2.45) is 5.92 Å². The van der Waals surface area contributed by atoms with Gasteiger partial charge >= 0.3 is 12.2 Å². The highest BCUT2D eigenvalue weighted by atomic mass is 19.4. The van der Waals surface area contributed by atoms with Gasteiger partial charge in [-0.05, 0) is 44.0 Å². The Labute approximate surface area is 224 Å². The number of aryl methyl sites for hydroxylation is 1. The third-order valence-corrected chi connectivity index (χ3v) is 6.52. The van der Waals surface area contributed by atoms with E-state index in [4.69, 9.17) is 0 Å². The second-order valence-electron chi connectivity index (χ2n) is 9.76. The van der Waals surface area contributed by atoms with Gasteiger partial charge in [-0.3, -0.25) is 24.7 Å². The molecule has 0 bridgehead atoms. The molecule has 206 valence electrons. The van der Waals surface area contributed by atoms with Gasteiger partial charge in [-0.25, -0.2) is 14.8 Å². The van der Waals surface area contributed by atoms with Gasteiger partial charge < -0.3 is 4.90 Å². The summed E-state index contributed by atoms with van der Waals surface area (Å²) < 4.78 is 38.6. The molecule has 3 heterocycles. The Morgan fingerprint density at radius 2 is 2.03 bits per heavy atom. The van der Waals surface area contributed by atoms with Crippen molar-refractivity contribution in [3.8, 4) is 11.8 Å². The molecule has 1 saturated carbocycles. The van der Waals surface area contributed by atoms with Gasteiger partial charge in [0, 0.05) is 56.3 Å². The van der Waals surface area contributed by atoms with E-state index in [0.29, 0.717) is 36.1 Å². The summed E-state index contributed by atoms with van der Waals surface area (Å²) in [6, 6.07) is 3.95. The molecule has 39 heavy (non-hydrogen) atoms. The number of carbonyl (C=O) groups is 3. The maximum Gasteiger partial charge on any atom is 0.389 e. The number of urea groups is 1. The average Bonchev–Trinajstić information content (AvgIpc) is 3.72. The Hall–Kier alpha value is -3.98. The van der Waals surface area contributed by atoms with Crippen molar-refractivity contribution < 1.29 is 27.6 Å². The summed E-state index contributed by atoms with van der Waals surface area (Å²) in [7, 11) is 3.30. The molecule has 4 rings (SSSR count). The Bertz CT molecular complexity index is 1320. The molecule has 0 radical (unpaired) electrons. The van der Waals surface area contributed by atoms with Crippen LogP contribution in [0.1, 0.15) is 46.4 Å². The van der Waals surface area contributed by atoms with Gasteiger partial charge in [-0.1, -0.05) is 17.9 Å². The number of aromatic nitrogens is 2. The van der Waals surface area contributed by atoms with E-state index in [1.807, 2.05) is 11.9 Å². The van der Waals surface area contributed by atoms with Crippen LogP contribution in [-0.2, 0) is 17.8 Å².